The summed E-state index contributed by atoms with van der Waals surface area (Å²) in [5.41, 5.74) is 3.12. The minimum atomic E-state index is 0.602. The Morgan fingerprint density at radius 3 is 2.83 bits per heavy atom. The molecule has 2 aliphatic rings. The largest absolute Gasteiger partial charge is 0.317 e. The van der Waals surface area contributed by atoms with Crippen molar-refractivity contribution >= 4 is 0 Å². The van der Waals surface area contributed by atoms with E-state index >= 15 is 0 Å². The highest BCUT2D eigenvalue weighted by molar-refractivity contribution is 5.32. The molecule has 2 heterocycles. The molecule has 2 aliphatic heterocycles. The molecule has 3 rings (SSSR count). The second-order valence-electron chi connectivity index (χ2n) is 5.81. The van der Waals surface area contributed by atoms with E-state index in [1.807, 2.05) is 0 Å². The molecule has 1 N–H and O–H groups in total. The predicted molar refractivity (Wildman–Crippen MR) is 75.7 cm³/mol. The van der Waals surface area contributed by atoms with Crippen molar-refractivity contribution in [2.24, 2.45) is 5.92 Å². The molecule has 1 fully saturated rings. The molecule has 98 valence electrons. The van der Waals surface area contributed by atoms with Crippen molar-refractivity contribution in [1.82, 2.24) is 10.2 Å². The summed E-state index contributed by atoms with van der Waals surface area (Å²) in [6, 6.07) is 9.57. The van der Waals surface area contributed by atoms with Gasteiger partial charge in [-0.3, -0.25) is 4.90 Å². The zero-order chi connectivity index (χ0) is 12.4. The maximum Gasteiger partial charge on any atom is 0.0322 e. The molecule has 18 heavy (non-hydrogen) atoms. The van der Waals surface area contributed by atoms with Crippen LogP contribution in [0.2, 0.25) is 0 Å². The third kappa shape index (κ3) is 2.45. The Balaban J connectivity index is 1.68. The molecule has 1 atom stereocenters. The minimum Gasteiger partial charge on any atom is -0.317 e. The number of piperidine rings is 1. The number of benzene rings is 1. The van der Waals surface area contributed by atoms with Gasteiger partial charge < -0.3 is 5.32 Å². The van der Waals surface area contributed by atoms with Gasteiger partial charge in [0.15, 0.2) is 0 Å². The van der Waals surface area contributed by atoms with Crippen LogP contribution in [0.5, 0.6) is 0 Å². The molecule has 1 unspecified atom stereocenters. The molecular weight excluding hydrogens is 220 g/mol. The third-order valence-electron chi connectivity index (χ3n) is 4.67. The monoisotopic (exact) mass is 244 g/mol. The van der Waals surface area contributed by atoms with Gasteiger partial charge in [0.05, 0.1) is 0 Å². The fraction of sp³-hybridized carbons (Fsp3) is 0.625. The molecule has 0 spiro atoms. The molecule has 0 amide bonds. The van der Waals surface area contributed by atoms with E-state index in [0.717, 1.165) is 5.92 Å². The molecule has 1 aromatic rings. The van der Waals surface area contributed by atoms with Crippen LogP contribution < -0.4 is 5.32 Å². The van der Waals surface area contributed by atoms with E-state index in [-0.39, 0.29) is 0 Å². The van der Waals surface area contributed by atoms with Crippen LogP contribution in [0.25, 0.3) is 0 Å². The molecule has 2 heteroatoms. The van der Waals surface area contributed by atoms with Gasteiger partial charge in [-0.2, -0.15) is 0 Å². The molecule has 0 aliphatic carbocycles. The topological polar surface area (TPSA) is 15.3 Å². The summed E-state index contributed by atoms with van der Waals surface area (Å²) in [4.78, 5) is 2.69. The highest BCUT2D eigenvalue weighted by Gasteiger charge is 2.26. The smallest absolute Gasteiger partial charge is 0.0322 e. The maximum atomic E-state index is 3.46. The highest BCUT2D eigenvalue weighted by Crippen LogP contribution is 2.30. The number of hydrogen-bond acceptors (Lipinski definition) is 2. The second-order valence-corrected chi connectivity index (χ2v) is 5.81. The molecule has 2 nitrogen and oxygen atoms in total. The van der Waals surface area contributed by atoms with Crippen molar-refractivity contribution in [3.8, 4) is 0 Å². The van der Waals surface area contributed by atoms with E-state index in [2.05, 4.69) is 41.4 Å². The van der Waals surface area contributed by atoms with Gasteiger partial charge in [-0.05, 0) is 56.3 Å². The van der Waals surface area contributed by atoms with E-state index in [1.54, 1.807) is 11.1 Å². The quantitative estimate of drug-likeness (QED) is 0.860. The summed E-state index contributed by atoms with van der Waals surface area (Å²) in [5, 5.41) is 3.46. The lowest BCUT2D eigenvalue weighted by atomic mass is 9.91. The predicted octanol–water partition coefficient (Wildman–Crippen LogP) is 2.61. The van der Waals surface area contributed by atoms with Crippen LogP contribution in [0.4, 0.5) is 0 Å². The van der Waals surface area contributed by atoms with E-state index in [9.17, 15) is 0 Å². The van der Waals surface area contributed by atoms with Gasteiger partial charge in [0.1, 0.15) is 0 Å². The number of fused-ring (bicyclic) bond motifs is 1. The van der Waals surface area contributed by atoms with Crippen molar-refractivity contribution < 1.29 is 0 Å². The first-order valence-electron chi connectivity index (χ1n) is 7.37. The third-order valence-corrected chi connectivity index (χ3v) is 4.67. The van der Waals surface area contributed by atoms with Crippen LogP contribution in [-0.4, -0.2) is 31.1 Å². The van der Waals surface area contributed by atoms with Gasteiger partial charge in [0.25, 0.3) is 0 Å². The Kier molecular flexibility index (Phi) is 3.67. The summed E-state index contributed by atoms with van der Waals surface area (Å²) >= 11 is 0. The summed E-state index contributed by atoms with van der Waals surface area (Å²) in [7, 11) is 0. The minimum absolute atomic E-state index is 0.602. The first-order valence-corrected chi connectivity index (χ1v) is 7.37. The number of nitrogens with zero attached hydrogens (tertiary/aromatic N) is 1. The Labute approximate surface area is 110 Å². The lowest BCUT2D eigenvalue weighted by molar-refractivity contribution is 0.152. The summed E-state index contributed by atoms with van der Waals surface area (Å²) in [6.45, 7) is 7.32. The van der Waals surface area contributed by atoms with E-state index in [0.29, 0.717) is 6.04 Å². The lowest BCUT2D eigenvalue weighted by Crippen LogP contribution is -2.40. The van der Waals surface area contributed by atoms with Crippen molar-refractivity contribution in [1.29, 1.82) is 0 Å². The first-order chi connectivity index (χ1) is 8.84. The SMILES string of the molecule is CC1c2ccccc2CCN1CC1CCNCC1. The van der Waals surface area contributed by atoms with Gasteiger partial charge in [0.2, 0.25) is 0 Å². The van der Waals surface area contributed by atoms with Crippen LogP contribution in [0.15, 0.2) is 24.3 Å². The van der Waals surface area contributed by atoms with Gasteiger partial charge in [-0.15, -0.1) is 0 Å². The van der Waals surface area contributed by atoms with Crippen LogP contribution in [0, 0.1) is 5.92 Å². The number of hydrogen-bond donors (Lipinski definition) is 1. The van der Waals surface area contributed by atoms with Crippen LogP contribution >= 0.6 is 0 Å². The molecule has 0 bridgehead atoms. The average molecular weight is 244 g/mol. The Hall–Kier alpha value is -0.860. The van der Waals surface area contributed by atoms with Crippen molar-refractivity contribution in [3.05, 3.63) is 35.4 Å². The normalized spacial score (nSPS) is 25.9. The number of rotatable bonds is 2. The van der Waals surface area contributed by atoms with E-state index in [4.69, 9.17) is 0 Å². The molecule has 1 saturated heterocycles. The second kappa shape index (κ2) is 5.41. The summed E-state index contributed by atoms with van der Waals surface area (Å²) in [5.74, 6) is 0.902. The van der Waals surface area contributed by atoms with Crippen LogP contribution in [0.1, 0.15) is 36.9 Å². The van der Waals surface area contributed by atoms with Crippen molar-refractivity contribution in [2.75, 3.05) is 26.2 Å². The Morgan fingerprint density at radius 1 is 1.22 bits per heavy atom. The Bertz CT molecular complexity index is 396. The molecule has 1 aromatic carbocycles. The van der Waals surface area contributed by atoms with Gasteiger partial charge in [0, 0.05) is 19.1 Å². The fourth-order valence-corrected chi connectivity index (χ4v) is 3.47. The molecular formula is C16H24N2. The van der Waals surface area contributed by atoms with Gasteiger partial charge in [-0.1, -0.05) is 24.3 Å². The van der Waals surface area contributed by atoms with E-state index in [1.165, 1.54) is 45.4 Å². The van der Waals surface area contributed by atoms with Crippen molar-refractivity contribution in [3.63, 3.8) is 0 Å². The van der Waals surface area contributed by atoms with Gasteiger partial charge >= 0.3 is 0 Å². The van der Waals surface area contributed by atoms with E-state index < -0.39 is 0 Å². The molecule has 0 radical (unpaired) electrons. The average Bonchev–Trinajstić information content (AvgIpc) is 2.43. The van der Waals surface area contributed by atoms with Crippen molar-refractivity contribution in [2.45, 2.75) is 32.2 Å². The fourth-order valence-electron chi connectivity index (χ4n) is 3.47. The van der Waals surface area contributed by atoms with Crippen LogP contribution in [0.3, 0.4) is 0 Å². The summed E-state index contributed by atoms with van der Waals surface area (Å²) < 4.78 is 0. The maximum absolute atomic E-state index is 3.46. The Morgan fingerprint density at radius 2 is 2.00 bits per heavy atom. The number of nitrogens with one attached hydrogen (secondary N) is 1. The first kappa shape index (κ1) is 12.2. The van der Waals surface area contributed by atoms with Crippen LogP contribution in [-0.2, 0) is 6.42 Å². The zero-order valence-corrected chi connectivity index (χ0v) is 11.4. The molecule has 0 saturated carbocycles. The lowest BCUT2D eigenvalue weighted by Gasteiger charge is -2.38. The highest BCUT2D eigenvalue weighted by atomic mass is 15.2. The molecule has 0 aromatic heterocycles. The zero-order valence-electron chi connectivity index (χ0n) is 11.4. The van der Waals surface area contributed by atoms with Gasteiger partial charge in [-0.25, -0.2) is 0 Å². The summed E-state index contributed by atoms with van der Waals surface area (Å²) in [6.07, 6.45) is 3.93. The standard InChI is InChI=1S/C16H24N2/c1-13-16-5-3-2-4-15(16)8-11-18(13)12-14-6-9-17-10-7-14/h2-5,13-14,17H,6-12H2,1H3.